The van der Waals surface area contributed by atoms with Crippen molar-refractivity contribution < 1.29 is 4.79 Å². The fraction of sp³-hybridized carbons (Fsp3) is 0.214. The Morgan fingerprint density at radius 2 is 2.19 bits per heavy atom. The molecule has 110 valence electrons. The molecule has 5 nitrogen and oxygen atoms in total. The van der Waals surface area contributed by atoms with Crippen LogP contribution in [0.15, 0.2) is 34.9 Å². The monoisotopic (exact) mass is 368 g/mol. The van der Waals surface area contributed by atoms with Crippen molar-refractivity contribution >= 4 is 44.9 Å². The number of rotatable bonds is 4. The summed E-state index contributed by atoms with van der Waals surface area (Å²) in [6.07, 6.45) is 1.60. The molecule has 21 heavy (non-hydrogen) atoms. The lowest BCUT2D eigenvalue weighted by atomic mass is 10.1. The predicted molar refractivity (Wildman–Crippen MR) is 87.5 cm³/mol. The number of anilines is 2. The van der Waals surface area contributed by atoms with Crippen LogP contribution in [0, 0.1) is 0 Å². The van der Waals surface area contributed by atoms with Crippen molar-refractivity contribution in [3.05, 3.63) is 45.8 Å². The van der Waals surface area contributed by atoms with Gasteiger partial charge in [-0.2, -0.15) is 4.98 Å². The highest BCUT2D eigenvalue weighted by atomic mass is 79.9. The maximum Gasteiger partial charge on any atom is 0.224 e. The number of carbonyl (C=O) groups is 1. The average Bonchev–Trinajstić information content (AvgIpc) is 2.42. The molecule has 1 aromatic carbocycles. The Morgan fingerprint density at radius 3 is 2.90 bits per heavy atom. The van der Waals surface area contributed by atoms with Crippen molar-refractivity contribution in [1.29, 1.82) is 0 Å². The second kappa shape index (κ2) is 6.87. The maximum atomic E-state index is 11.1. The van der Waals surface area contributed by atoms with Crippen LogP contribution < -0.4 is 10.6 Å². The van der Waals surface area contributed by atoms with E-state index in [0.717, 1.165) is 15.7 Å². The highest BCUT2D eigenvalue weighted by molar-refractivity contribution is 9.10. The van der Waals surface area contributed by atoms with E-state index in [1.165, 1.54) is 6.92 Å². The van der Waals surface area contributed by atoms with Gasteiger partial charge in [-0.3, -0.25) is 4.79 Å². The lowest BCUT2D eigenvalue weighted by molar-refractivity contribution is -0.114. The molecule has 2 rings (SSSR count). The summed E-state index contributed by atoms with van der Waals surface area (Å²) in [6, 6.07) is 7.60. The van der Waals surface area contributed by atoms with Gasteiger partial charge in [0.05, 0.1) is 10.5 Å². The summed E-state index contributed by atoms with van der Waals surface area (Å²) in [5.74, 6) is 0.519. The molecule has 0 saturated heterocycles. The van der Waals surface area contributed by atoms with Crippen molar-refractivity contribution in [1.82, 2.24) is 9.97 Å². The SMILES string of the molecule is CC(=O)Nc1cccc(C(C)Nc2nc(Cl)ncc2Br)c1. The van der Waals surface area contributed by atoms with Crippen LogP contribution in [0.2, 0.25) is 5.28 Å². The molecule has 0 saturated carbocycles. The molecular formula is C14H14BrClN4O. The zero-order valence-electron chi connectivity index (χ0n) is 11.5. The van der Waals surface area contributed by atoms with E-state index in [1.54, 1.807) is 6.20 Å². The van der Waals surface area contributed by atoms with E-state index in [-0.39, 0.29) is 17.2 Å². The second-order valence-corrected chi connectivity index (χ2v) is 5.70. The number of amides is 1. The number of hydrogen-bond donors (Lipinski definition) is 2. The summed E-state index contributed by atoms with van der Waals surface area (Å²) >= 11 is 9.17. The molecule has 1 unspecified atom stereocenters. The quantitative estimate of drug-likeness (QED) is 0.799. The van der Waals surface area contributed by atoms with Crippen molar-refractivity contribution in [2.24, 2.45) is 0 Å². The molecule has 1 atom stereocenters. The Bertz CT molecular complexity index is 665. The van der Waals surface area contributed by atoms with E-state index in [1.807, 2.05) is 31.2 Å². The lowest BCUT2D eigenvalue weighted by Gasteiger charge is -2.17. The van der Waals surface area contributed by atoms with Gasteiger partial charge < -0.3 is 10.6 Å². The number of nitrogens with one attached hydrogen (secondary N) is 2. The molecule has 0 bridgehead atoms. The Balaban J connectivity index is 2.18. The van der Waals surface area contributed by atoms with Gasteiger partial charge in [-0.05, 0) is 52.2 Å². The number of hydrogen-bond acceptors (Lipinski definition) is 4. The van der Waals surface area contributed by atoms with Gasteiger partial charge in [-0.25, -0.2) is 4.98 Å². The fourth-order valence-corrected chi connectivity index (χ4v) is 2.26. The molecule has 1 amide bonds. The molecule has 0 aliphatic rings. The van der Waals surface area contributed by atoms with E-state index in [2.05, 4.69) is 36.5 Å². The first-order valence-electron chi connectivity index (χ1n) is 6.28. The Hall–Kier alpha value is -1.66. The minimum atomic E-state index is -0.0990. The lowest BCUT2D eigenvalue weighted by Crippen LogP contribution is -2.10. The molecule has 0 spiro atoms. The van der Waals surface area contributed by atoms with Gasteiger partial charge in [0.15, 0.2) is 0 Å². The largest absolute Gasteiger partial charge is 0.362 e. The van der Waals surface area contributed by atoms with Gasteiger partial charge >= 0.3 is 0 Å². The van der Waals surface area contributed by atoms with Gasteiger partial charge in [0, 0.05) is 18.8 Å². The number of nitrogens with zero attached hydrogens (tertiary/aromatic N) is 2. The molecule has 0 radical (unpaired) electrons. The van der Waals surface area contributed by atoms with Gasteiger partial charge in [0.25, 0.3) is 0 Å². The average molecular weight is 370 g/mol. The highest BCUT2D eigenvalue weighted by Gasteiger charge is 2.10. The zero-order valence-corrected chi connectivity index (χ0v) is 13.9. The summed E-state index contributed by atoms with van der Waals surface area (Å²) in [7, 11) is 0. The molecule has 1 heterocycles. The summed E-state index contributed by atoms with van der Waals surface area (Å²) in [6.45, 7) is 3.48. The molecule has 0 fully saturated rings. The summed E-state index contributed by atoms with van der Waals surface area (Å²) in [5.41, 5.74) is 1.77. The van der Waals surface area contributed by atoms with Crippen LogP contribution in [0.1, 0.15) is 25.5 Å². The van der Waals surface area contributed by atoms with Crippen LogP contribution in [0.3, 0.4) is 0 Å². The topological polar surface area (TPSA) is 66.9 Å². The first kappa shape index (κ1) is 15.7. The Morgan fingerprint density at radius 1 is 1.43 bits per heavy atom. The molecule has 7 heteroatoms. The molecular weight excluding hydrogens is 356 g/mol. The first-order chi connectivity index (χ1) is 9.95. The minimum absolute atomic E-state index is 0.0130. The minimum Gasteiger partial charge on any atom is -0.362 e. The molecule has 0 aliphatic carbocycles. The third-order valence-electron chi connectivity index (χ3n) is 2.77. The summed E-state index contributed by atoms with van der Waals surface area (Å²) in [4.78, 5) is 19.1. The van der Waals surface area contributed by atoms with Crippen LogP contribution in [0.25, 0.3) is 0 Å². The van der Waals surface area contributed by atoms with Gasteiger partial charge in [-0.15, -0.1) is 0 Å². The van der Waals surface area contributed by atoms with Crippen LogP contribution in [-0.2, 0) is 4.79 Å². The van der Waals surface area contributed by atoms with Crippen LogP contribution in [0.4, 0.5) is 11.5 Å². The Kier molecular flexibility index (Phi) is 5.14. The van der Waals surface area contributed by atoms with Crippen molar-refractivity contribution in [2.45, 2.75) is 19.9 Å². The van der Waals surface area contributed by atoms with E-state index in [0.29, 0.717) is 5.82 Å². The van der Waals surface area contributed by atoms with Crippen LogP contribution in [-0.4, -0.2) is 15.9 Å². The van der Waals surface area contributed by atoms with E-state index < -0.39 is 0 Å². The van der Waals surface area contributed by atoms with E-state index in [4.69, 9.17) is 11.6 Å². The smallest absolute Gasteiger partial charge is 0.224 e. The normalized spacial score (nSPS) is 11.8. The van der Waals surface area contributed by atoms with Crippen molar-refractivity contribution in [3.8, 4) is 0 Å². The highest BCUT2D eigenvalue weighted by Crippen LogP contribution is 2.26. The molecule has 0 aliphatic heterocycles. The standard InChI is InChI=1S/C14H14BrClN4O/c1-8(18-13-12(15)7-17-14(16)20-13)10-4-3-5-11(6-10)19-9(2)21/h3-8H,1-2H3,(H,19,21)(H,17,18,20). The molecule has 2 N–H and O–H groups in total. The number of aromatic nitrogens is 2. The second-order valence-electron chi connectivity index (χ2n) is 4.51. The van der Waals surface area contributed by atoms with E-state index in [9.17, 15) is 4.79 Å². The predicted octanol–water partition coefficient (Wildman–Crippen LogP) is 4.02. The number of benzene rings is 1. The van der Waals surface area contributed by atoms with E-state index >= 15 is 0 Å². The first-order valence-corrected chi connectivity index (χ1v) is 7.45. The zero-order chi connectivity index (χ0) is 15.4. The fourth-order valence-electron chi connectivity index (χ4n) is 1.82. The molecule has 2 aromatic rings. The van der Waals surface area contributed by atoms with Gasteiger partial charge in [-0.1, -0.05) is 12.1 Å². The number of halogens is 2. The van der Waals surface area contributed by atoms with Crippen molar-refractivity contribution in [3.63, 3.8) is 0 Å². The van der Waals surface area contributed by atoms with Gasteiger partial charge in [0.2, 0.25) is 11.2 Å². The maximum absolute atomic E-state index is 11.1. The third kappa shape index (κ3) is 4.41. The van der Waals surface area contributed by atoms with Crippen LogP contribution >= 0.6 is 27.5 Å². The van der Waals surface area contributed by atoms with Gasteiger partial charge in [0.1, 0.15) is 5.82 Å². The van der Waals surface area contributed by atoms with Crippen LogP contribution in [0.5, 0.6) is 0 Å². The molecule has 1 aromatic heterocycles. The van der Waals surface area contributed by atoms with Crippen molar-refractivity contribution in [2.75, 3.05) is 10.6 Å². The third-order valence-corrected chi connectivity index (χ3v) is 3.54. The summed E-state index contributed by atoms with van der Waals surface area (Å²) < 4.78 is 0.733. The number of carbonyl (C=O) groups excluding carboxylic acids is 1. The Labute approximate surface area is 136 Å². The summed E-state index contributed by atoms with van der Waals surface area (Å²) in [5, 5.41) is 6.19.